The van der Waals surface area contributed by atoms with Crippen molar-refractivity contribution in [3.05, 3.63) is 23.8 Å². The van der Waals surface area contributed by atoms with E-state index in [1.54, 1.807) is 11.9 Å². The second-order valence-corrected chi connectivity index (χ2v) is 4.42. The molecule has 0 spiro atoms. The third kappa shape index (κ3) is 1.83. The number of hydrogen-bond donors (Lipinski definition) is 0. The Labute approximate surface area is 92.7 Å². The maximum absolute atomic E-state index is 11.4. The zero-order valence-corrected chi connectivity index (χ0v) is 9.17. The lowest BCUT2D eigenvalue weighted by Gasteiger charge is -2.09. The summed E-state index contributed by atoms with van der Waals surface area (Å²) in [6.45, 7) is 0. The van der Waals surface area contributed by atoms with Crippen molar-refractivity contribution in [1.29, 1.82) is 5.26 Å². The zero-order chi connectivity index (χ0) is 10.8. The number of carbonyl (C=O) groups excluding carboxylic acids is 1. The van der Waals surface area contributed by atoms with Crippen molar-refractivity contribution in [2.75, 3.05) is 17.7 Å². The maximum Gasteiger partial charge on any atom is 0.231 e. The predicted octanol–water partition coefficient (Wildman–Crippen LogP) is 1.82. The molecule has 0 aromatic heterocycles. The number of rotatable bonds is 2. The number of anilines is 1. The largest absolute Gasteiger partial charge is 0.315 e. The summed E-state index contributed by atoms with van der Waals surface area (Å²) in [7, 11) is 1.79. The van der Waals surface area contributed by atoms with Crippen LogP contribution in [0.5, 0.6) is 0 Å². The first-order valence-corrected chi connectivity index (χ1v) is 5.60. The van der Waals surface area contributed by atoms with Gasteiger partial charge in [-0.3, -0.25) is 4.79 Å². The van der Waals surface area contributed by atoms with E-state index in [0.717, 1.165) is 16.1 Å². The van der Waals surface area contributed by atoms with Crippen LogP contribution in [0.1, 0.15) is 5.56 Å². The molecular formula is C11H10N2OS. The topological polar surface area (TPSA) is 44.1 Å². The molecule has 15 heavy (non-hydrogen) atoms. The zero-order valence-electron chi connectivity index (χ0n) is 8.36. The summed E-state index contributed by atoms with van der Waals surface area (Å²) >= 11 is 1.50. The molecular weight excluding hydrogens is 208 g/mol. The van der Waals surface area contributed by atoms with Crippen molar-refractivity contribution in [2.45, 2.75) is 11.3 Å². The van der Waals surface area contributed by atoms with E-state index in [1.807, 2.05) is 18.2 Å². The molecule has 1 heterocycles. The van der Waals surface area contributed by atoms with Gasteiger partial charge in [0.15, 0.2) is 0 Å². The van der Waals surface area contributed by atoms with E-state index in [1.165, 1.54) is 11.8 Å². The first-order chi connectivity index (χ1) is 7.22. The molecule has 76 valence electrons. The fourth-order valence-corrected chi connectivity index (χ4v) is 2.27. The minimum absolute atomic E-state index is 0.132. The van der Waals surface area contributed by atoms with Crippen LogP contribution in [0.25, 0.3) is 0 Å². The Hall–Kier alpha value is -1.47. The van der Waals surface area contributed by atoms with Gasteiger partial charge < -0.3 is 4.90 Å². The molecule has 0 N–H and O–H groups in total. The maximum atomic E-state index is 11.4. The monoisotopic (exact) mass is 218 g/mol. The van der Waals surface area contributed by atoms with E-state index in [2.05, 4.69) is 6.07 Å². The number of benzene rings is 1. The van der Waals surface area contributed by atoms with Crippen LogP contribution < -0.4 is 4.90 Å². The van der Waals surface area contributed by atoms with Gasteiger partial charge in [-0.2, -0.15) is 5.26 Å². The lowest BCUT2D eigenvalue weighted by Crippen LogP contribution is -2.20. The molecule has 0 saturated heterocycles. The molecule has 3 nitrogen and oxygen atoms in total. The summed E-state index contributed by atoms with van der Waals surface area (Å²) in [6, 6.07) is 7.98. The highest BCUT2D eigenvalue weighted by Crippen LogP contribution is 2.31. The van der Waals surface area contributed by atoms with E-state index in [9.17, 15) is 4.79 Å². The lowest BCUT2D eigenvalue weighted by atomic mass is 10.2. The van der Waals surface area contributed by atoms with Gasteiger partial charge in [0, 0.05) is 17.6 Å². The molecule has 1 aromatic carbocycles. The standard InChI is InChI=1S/C11H10N2OS/c1-13-10-3-2-9(15-5-4-12)6-8(10)7-11(13)14/h2-3,6H,5,7H2,1H3. The molecule has 0 fully saturated rings. The van der Waals surface area contributed by atoms with Crippen LogP contribution in [0, 0.1) is 11.3 Å². The van der Waals surface area contributed by atoms with Gasteiger partial charge in [0.05, 0.1) is 18.2 Å². The third-order valence-electron chi connectivity index (χ3n) is 2.43. The number of likely N-dealkylation sites (N-methyl/N-ethyl adjacent to an activating group) is 1. The smallest absolute Gasteiger partial charge is 0.231 e. The summed E-state index contributed by atoms with van der Waals surface area (Å²) in [5, 5.41) is 8.47. The Morgan fingerprint density at radius 2 is 2.40 bits per heavy atom. The molecule has 0 unspecified atom stereocenters. The molecule has 1 aliphatic rings. The van der Waals surface area contributed by atoms with E-state index >= 15 is 0 Å². The van der Waals surface area contributed by atoms with Crippen molar-refractivity contribution in [1.82, 2.24) is 0 Å². The van der Waals surface area contributed by atoms with E-state index in [4.69, 9.17) is 5.26 Å². The van der Waals surface area contributed by atoms with Gasteiger partial charge in [0.1, 0.15) is 0 Å². The second kappa shape index (κ2) is 3.95. The molecule has 4 heteroatoms. The highest BCUT2D eigenvalue weighted by atomic mass is 32.2. The Morgan fingerprint density at radius 1 is 1.60 bits per heavy atom. The highest BCUT2D eigenvalue weighted by molar-refractivity contribution is 7.99. The van der Waals surface area contributed by atoms with Crippen LogP contribution in [0.15, 0.2) is 23.1 Å². The number of fused-ring (bicyclic) bond motifs is 1. The average molecular weight is 218 g/mol. The number of amides is 1. The van der Waals surface area contributed by atoms with Gasteiger partial charge in [-0.15, -0.1) is 11.8 Å². The summed E-state index contributed by atoms with van der Waals surface area (Å²) in [5.41, 5.74) is 2.05. The number of carbonyl (C=O) groups is 1. The molecule has 1 amide bonds. The van der Waals surface area contributed by atoms with Gasteiger partial charge in [-0.25, -0.2) is 0 Å². The summed E-state index contributed by atoms with van der Waals surface area (Å²) in [5.74, 6) is 0.579. The average Bonchev–Trinajstić information content (AvgIpc) is 2.52. The van der Waals surface area contributed by atoms with Gasteiger partial charge in [0.25, 0.3) is 0 Å². The molecule has 0 saturated carbocycles. The van der Waals surface area contributed by atoms with E-state index in [0.29, 0.717) is 12.2 Å². The summed E-state index contributed by atoms with van der Waals surface area (Å²) in [4.78, 5) is 14.2. The second-order valence-electron chi connectivity index (χ2n) is 3.37. The van der Waals surface area contributed by atoms with Gasteiger partial charge in [-0.05, 0) is 23.8 Å². The number of hydrogen-bond acceptors (Lipinski definition) is 3. The molecule has 2 rings (SSSR count). The highest BCUT2D eigenvalue weighted by Gasteiger charge is 2.23. The number of nitrogens with zero attached hydrogens (tertiary/aromatic N) is 2. The number of thioether (sulfide) groups is 1. The molecule has 0 aliphatic carbocycles. The van der Waals surface area contributed by atoms with E-state index < -0.39 is 0 Å². The van der Waals surface area contributed by atoms with Crippen LogP contribution in [0.4, 0.5) is 5.69 Å². The fraction of sp³-hybridized carbons (Fsp3) is 0.273. The van der Waals surface area contributed by atoms with Crippen LogP contribution in [0.3, 0.4) is 0 Å². The Kier molecular flexibility index (Phi) is 2.65. The number of nitriles is 1. The lowest BCUT2D eigenvalue weighted by molar-refractivity contribution is -0.117. The van der Waals surface area contributed by atoms with Crippen molar-refractivity contribution in [2.24, 2.45) is 0 Å². The van der Waals surface area contributed by atoms with Crippen LogP contribution in [-0.2, 0) is 11.2 Å². The van der Waals surface area contributed by atoms with Crippen LogP contribution >= 0.6 is 11.8 Å². The molecule has 1 aromatic rings. The molecule has 0 bridgehead atoms. The minimum atomic E-state index is 0.132. The van der Waals surface area contributed by atoms with Crippen molar-refractivity contribution < 1.29 is 4.79 Å². The summed E-state index contributed by atoms with van der Waals surface area (Å²) < 4.78 is 0. The van der Waals surface area contributed by atoms with Gasteiger partial charge in [0.2, 0.25) is 5.91 Å². The van der Waals surface area contributed by atoms with E-state index in [-0.39, 0.29) is 5.91 Å². The summed E-state index contributed by atoms with van der Waals surface area (Å²) in [6.07, 6.45) is 0.479. The third-order valence-corrected chi connectivity index (χ3v) is 3.29. The molecule has 0 radical (unpaired) electrons. The van der Waals surface area contributed by atoms with Gasteiger partial charge >= 0.3 is 0 Å². The van der Waals surface area contributed by atoms with Crippen molar-refractivity contribution in [3.8, 4) is 6.07 Å². The normalized spacial score (nSPS) is 13.9. The Balaban J connectivity index is 2.26. The molecule has 1 aliphatic heterocycles. The Bertz CT molecular complexity index is 450. The van der Waals surface area contributed by atoms with Crippen LogP contribution in [-0.4, -0.2) is 18.7 Å². The molecule has 0 atom stereocenters. The first kappa shape index (κ1) is 10.1. The predicted molar refractivity (Wildman–Crippen MR) is 59.9 cm³/mol. The van der Waals surface area contributed by atoms with Crippen LogP contribution in [0.2, 0.25) is 0 Å². The fourth-order valence-electron chi connectivity index (χ4n) is 1.65. The first-order valence-electron chi connectivity index (χ1n) is 4.61. The minimum Gasteiger partial charge on any atom is -0.315 e. The quantitative estimate of drug-likeness (QED) is 0.711. The van der Waals surface area contributed by atoms with Gasteiger partial charge in [-0.1, -0.05) is 0 Å². The Morgan fingerprint density at radius 3 is 3.13 bits per heavy atom. The SMILES string of the molecule is CN1C(=O)Cc2cc(SCC#N)ccc21. The van der Waals surface area contributed by atoms with Crippen molar-refractivity contribution in [3.63, 3.8) is 0 Å². The van der Waals surface area contributed by atoms with Crippen molar-refractivity contribution >= 4 is 23.4 Å².